The summed E-state index contributed by atoms with van der Waals surface area (Å²) in [6, 6.07) is 18.1. The lowest BCUT2D eigenvalue weighted by Gasteiger charge is -2.05. The van der Waals surface area contributed by atoms with Crippen LogP contribution in [-0.4, -0.2) is 36.4 Å². The van der Waals surface area contributed by atoms with Gasteiger partial charge in [0.2, 0.25) is 4.77 Å². The van der Waals surface area contributed by atoms with Gasteiger partial charge in [-0.05, 0) is 23.8 Å². The standard InChI is InChI=1S/C23H18N6OS/c30-22(29-21-17(12-25-29)20-24-10-11-28(20)23(31)26-21)18-14-27(13-15-6-2-1-3-7-15)19-9-5-4-8-16(18)19/h1-9,12,14,24H,10-11,13H2. The van der Waals surface area contributed by atoms with Crippen LogP contribution in [0.5, 0.6) is 0 Å². The van der Waals surface area contributed by atoms with Crippen LogP contribution < -0.4 is 5.32 Å². The molecule has 0 saturated heterocycles. The maximum atomic E-state index is 13.6. The van der Waals surface area contributed by atoms with Crippen molar-refractivity contribution in [3.05, 3.63) is 82.9 Å². The van der Waals surface area contributed by atoms with Gasteiger partial charge in [-0.2, -0.15) is 14.8 Å². The van der Waals surface area contributed by atoms with Crippen molar-refractivity contribution in [1.82, 2.24) is 23.9 Å². The van der Waals surface area contributed by atoms with Crippen molar-refractivity contribution in [3.8, 4) is 0 Å². The van der Waals surface area contributed by atoms with Gasteiger partial charge < -0.3 is 14.5 Å². The fourth-order valence-electron chi connectivity index (χ4n) is 4.28. The molecular formula is C23H18N6OS. The first-order valence-corrected chi connectivity index (χ1v) is 10.5. The number of anilines is 1. The molecule has 4 heterocycles. The summed E-state index contributed by atoms with van der Waals surface area (Å²) in [6.07, 6.45) is 3.59. The normalized spacial score (nSPS) is 12.9. The molecule has 6 rings (SSSR count). The Labute approximate surface area is 182 Å². The fraction of sp³-hybridized carbons (Fsp3) is 0.130. The number of fused-ring (bicyclic) bond motifs is 4. The van der Waals surface area contributed by atoms with Crippen LogP contribution in [-0.2, 0) is 13.1 Å². The van der Waals surface area contributed by atoms with Gasteiger partial charge in [0.1, 0.15) is 5.82 Å². The second kappa shape index (κ2) is 6.88. The summed E-state index contributed by atoms with van der Waals surface area (Å²) < 4.78 is 5.86. The average Bonchev–Trinajstić information content (AvgIpc) is 3.52. The fourth-order valence-corrected chi connectivity index (χ4v) is 4.55. The molecule has 0 spiro atoms. The number of benzene rings is 2. The Morgan fingerprint density at radius 1 is 1.06 bits per heavy atom. The topological polar surface area (TPSA) is 69.7 Å². The smallest absolute Gasteiger partial charge is 0.282 e. The Bertz CT molecular complexity index is 1530. The predicted octanol–water partition coefficient (Wildman–Crippen LogP) is 4.08. The average molecular weight is 427 g/mol. The molecule has 0 amide bonds. The summed E-state index contributed by atoms with van der Waals surface area (Å²) in [5, 5.41) is 9.40. The molecule has 0 aliphatic carbocycles. The van der Waals surface area contributed by atoms with Crippen LogP contribution in [0.3, 0.4) is 0 Å². The highest BCUT2D eigenvalue weighted by Crippen LogP contribution is 2.28. The van der Waals surface area contributed by atoms with E-state index < -0.39 is 0 Å². The summed E-state index contributed by atoms with van der Waals surface area (Å²) in [7, 11) is 0. The highest BCUT2D eigenvalue weighted by molar-refractivity contribution is 7.71. The van der Waals surface area contributed by atoms with Crippen LogP contribution in [0.15, 0.2) is 67.0 Å². The van der Waals surface area contributed by atoms with Gasteiger partial charge in [-0.1, -0.05) is 48.5 Å². The molecule has 2 aromatic carbocycles. The molecule has 3 aromatic heterocycles. The molecular weight excluding hydrogens is 408 g/mol. The van der Waals surface area contributed by atoms with Crippen molar-refractivity contribution >= 4 is 45.9 Å². The van der Waals surface area contributed by atoms with Crippen molar-refractivity contribution in [2.75, 3.05) is 11.9 Å². The van der Waals surface area contributed by atoms with Gasteiger partial charge in [0.05, 0.1) is 17.1 Å². The minimum absolute atomic E-state index is 0.220. The van der Waals surface area contributed by atoms with E-state index in [4.69, 9.17) is 12.2 Å². The van der Waals surface area contributed by atoms with Gasteiger partial charge in [0, 0.05) is 36.7 Å². The number of para-hydroxylation sites is 1. The molecule has 0 unspecified atom stereocenters. The summed E-state index contributed by atoms with van der Waals surface area (Å²) in [5.74, 6) is 0.656. The Hall–Kier alpha value is -3.78. The molecule has 0 fully saturated rings. The third-order valence-corrected chi connectivity index (χ3v) is 6.05. The van der Waals surface area contributed by atoms with Gasteiger partial charge in [-0.3, -0.25) is 4.79 Å². The third kappa shape index (κ3) is 2.79. The summed E-state index contributed by atoms with van der Waals surface area (Å²) in [5.41, 5.74) is 3.24. The molecule has 1 aliphatic heterocycles. The molecule has 31 heavy (non-hydrogen) atoms. The molecule has 7 nitrogen and oxygen atoms in total. The largest absolute Gasteiger partial charge is 0.369 e. The Morgan fingerprint density at radius 2 is 1.87 bits per heavy atom. The molecule has 5 aromatic rings. The molecule has 0 bridgehead atoms. The van der Waals surface area contributed by atoms with Crippen molar-refractivity contribution < 1.29 is 4.79 Å². The quantitative estimate of drug-likeness (QED) is 0.440. The number of hydrogen-bond donors (Lipinski definition) is 1. The zero-order valence-corrected chi connectivity index (χ0v) is 17.3. The lowest BCUT2D eigenvalue weighted by Crippen LogP contribution is -2.14. The zero-order valence-electron chi connectivity index (χ0n) is 16.5. The first-order valence-electron chi connectivity index (χ1n) is 10.1. The van der Waals surface area contributed by atoms with Crippen LogP contribution in [0, 0.1) is 4.77 Å². The van der Waals surface area contributed by atoms with Crippen LogP contribution in [0.1, 0.15) is 15.9 Å². The number of aromatic nitrogens is 5. The molecule has 0 saturated carbocycles. The number of nitrogens with zero attached hydrogens (tertiary/aromatic N) is 5. The highest BCUT2D eigenvalue weighted by atomic mass is 32.1. The van der Waals surface area contributed by atoms with Crippen LogP contribution in [0.25, 0.3) is 21.9 Å². The predicted molar refractivity (Wildman–Crippen MR) is 122 cm³/mol. The lowest BCUT2D eigenvalue weighted by atomic mass is 10.1. The molecule has 0 atom stereocenters. The molecule has 1 aliphatic rings. The Morgan fingerprint density at radius 3 is 2.74 bits per heavy atom. The van der Waals surface area contributed by atoms with E-state index in [-0.39, 0.29) is 5.91 Å². The van der Waals surface area contributed by atoms with E-state index in [0.717, 1.165) is 35.2 Å². The third-order valence-electron chi connectivity index (χ3n) is 5.74. The minimum Gasteiger partial charge on any atom is -0.369 e. The zero-order chi connectivity index (χ0) is 20.9. The monoisotopic (exact) mass is 426 g/mol. The van der Waals surface area contributed by atoms with E-state index in [0.29, 0.717) is 22.5 Å². The highest BCUT2D eigenvalue weighted by Gasteiger charge is 2.23. The van der Waals surface area contributed by atoms with Crippen molar-refractivity contribution in [2.24, 2.45) is 0 Å². The van der Waals surface area contributed by atoms with E-state index in [1.165, 1.54) is 10.2 Å². The molecule has 0 radical (unpaired) electrons. The maximum absolute atomic E-state index is 13.6. The van der Waals surface area contributed by atoms with E-state index in [9.17, 15) is 4.79 Å². The van der Waals surface area contributed by atoms with Crippen LogP contribution in [0.2, 0.25) is 0 Å². The molecule has 8 heteroatoms. The number of carbonyl (C=O) groups is 1. The first-order chi connectivity index (χ1) is 15.2. The summed E-state index contributed by atoms with van der Waals surface area (Å²) >= 11 is 5.44. The first kappa shape index (κ1) is 18.0. The van der Waals surface area contributed by atoms with Gasteiger partial charge in [-0.25, -0.2) is 0 Å². The van der Waals surface area contributed by atoms with Gasteiger partial charge >= 0.3 is 0 Å². The summed E-state index contributed by atoms with van der Waals surface area (Å²) in [6.45, 7) is 2.23. The number of carbonyl (C=O) groups excluding carboxylic acids is 1. The van der Waals surface area contributed by atoms with E-state index >= 15 is 0 Å². The van der Waals surface area contributed by atoms with Gasteiger partial charge in [0.25, 0.3) is 5.91 Å². The Balaban J connectivity index is 1.49. The van der Waals surface area contributed by atoms with Crippen molar-refractivity contribution in [2.45, 2.75) is 13.1 Å². The maximum Gasteiger partial charge on any atom is 0.282 e. The van der Waals surface area contributed by atoms with Crippen LogP contribution in [0.4, 0.5) is 5.82 Å². The SMILES string of the molecule is O=C(c1cn(Cc2ccccc2)c2ccccc12)n1ncc2c3n(c(=S)nc21)CCN3. The van der Waals surface area contributed by atoms with Gasteiger partial charge in [0.15, 0.2) is 5.65 Å². The minimum atomic E-state index is -0.220. The second-order valence-corrected chi connectivity index (χ2v) is 7.96. The second-order valence-electron chi connectivity index (χ2n) is 7.59. The van der Waals surface area contributed by atoms with E-state index in [2.05, 4.69) is 32.1 Å². The number of rotatable bonds is 3. The Kier molecular flexibility index (Phi) is 4.00. The molecule has 1 N–H and O–H groups in total. The van der Waals surface area contributed by atoms with Gasteiger partial charge in [-0.15, -0.1) is 0 Å². The van der Waals surface area contributed by atoms with Crippen molar-refractivity contribution in [1.29, 1.82) is 0 Å². The summed E-state index contributed by atoms with van der Waals surface area (Å²) in [4.78, 5) is 18.1. The van der Waals surface area contributed by atoms with Crippen LogP contribution >= 0.6 is 12.2 Å². The van der Waals surface area contributed by atoms with Crippen molar-refractivity contribution in [3.63, 3.8) is 0 Å². The number of nitrogens with one attached hydrogen (secondary N) is 1. The number of hydrogen-bond acceptors (Lipinski definition) is 5. The molecule has 152 valence electrons. The lowest BCUT2D eigenvalue weighted by molar-refractivity contribution is 0.0951. The van der Waals surface area contributed by atoms with E-state index in [1.54, 1.807) is 6.20 Å². The van der Waals surface area contributed by atoms with E-state index in [1.807, 2.05) is 53.2 Å².